The molecule has 2 aromatic carbocycles. The van der Waals surface area contributed by atoms with E-state index in [-0.39, 0.29) is 17.8 Å². The van der Waals surface area contributed by atoms with E-state index >= 15 is 0 Å². The second kappa shape index (κ2) is 5.76. The SMILES string of the molecule is C=CCc1cc(OC)cc2c1OC(c1ccc(O)cc1)[C@@H]2C. The Bertz CT molecular complexity index is 689. The number of aromatic hydroxyl groups is 1. The fourth-order valence-corrected chi connectivity index (χ4v) is 3.00. The molecule has 1 heterocycles. The van der Waals surface area contributed by atoms with Gasteiger partial charge in [0.05, 0.1) is 7.11 Å². The zero-order chi connectivity index (χ0) is 15.7. The van der Waals surface area contributed by atoms with Crippen LogP contribution in [0.15, 0.2) is 49.1 Å². The van der Waals surface area contributed by atoms with Crippen LogP contribution in [0.3, 0.4) is 0 Å². The first-order chi connectivity index (χ1) is 10.6. The topological polar surface area (TPSA) is 38.7 Å². The van der Waals surface area contributed by atoms with Crippen molar-refractivity contribution >= 4 is 0 Å². The van der Waals surface area contributed by atoms with Crippen molar-refractivity contribution < 1.29 is 14.6 Å². The Morgan fingerprint density at radius 1 is 1.27 bits per heavy atom. The van der Waals surface area contributed by atoms with Crippen LogP contribution in [0.4, 0.5) is 0 Å². The van der Waals surface area contributed by atoms with Crippen molar-refractivity contribution in [3.63, 3.8) is 0 Å². The molecule has 1 aliphatic heterocycles. The van der Waals surface area contributed by atoms with Gasteiger partial charge in [0.25, 0.3) is 0 Å². The summed E-state index contributed by atoms with van der Waals surface area (Å²) in [6.45, 7) is 5.97. The zero-order valence-corrected chi connectivity index (χ0v) is 12.9. The molecule has 1 unspecified atom stereocenters. The summed E-state index contributed by atoms with van der Waals surface area (Å²) in [6, 6.07) is 11.3. The van der Waals surface area contributed by atoms with Crippen LogP contribution in [-0.4, -0.2) is 12.2 Å². The van der Waals surface area contributed by atoms with Gasteiger partial charge in [-0.25, -0.2) is 0 Å². The second-order valence-corrected chi connectivity index (χ2v) is 5.62. The lowest BCUT2D eigenvalue weighted by atomic mass is 9.91. The lowest BCUT2D eigenvalue weighted by Gasteiger charge is -2.16. The number of phenolic OH excluding ortho intramolecular Hbond substituents is 1. The first-order valence-corrected chi connectivity index (χ1v) is 7.41. The van der Waals surface area contributed by atoms with Gasteiger partial charge in [0, 0.05) is 17.0 Å². The molecule has 0 fully saturated rings. The molecule has 1 N–H and O–H groups in total. The predicted octanol–water partition coefficient (Wildman–Crippen LogP) is 4.37. The Kier molecular flexibility index (Phi) is 3.80. The molecule has 0 saturated carbocycles. The monoisotopic (exact) mass is 296 g/mol. The molecule has 22 heavy (non-hydrogen) atoms. The molecule has 2 aromatic rings. The van der Waals surface area contributed by atoms with E-state index in [2.05, 4.69) is 13.5 Å². The summed E-state index contributed by atoms with van der Waals surface area (Å²) in [6.07, 6.45) is 2.57. The molecular formula is C19H20O3. The number of allylic oxidation sites excluding steroid dienone is 1. The zero-order valence-electron chi connectivity index (χ0n) is 12.9. The Balaban J connectivity index is 2.01. The minimum atomic E-state index is -0.0497. The average molecular weight is 296 g/mol. The molecule has 0 amide bonds. The van der Waals surface area contributed by atoms with Crippen LogP contribution in [0.2, 0.25) is 0 Å². The highest BCUT2D eigenvalue weighted by Crippen LogP contribution is 2.49. The smallest absolute Gasteiger partial charge is 0.130 e. The van der Waals surface area contributed by atoms with Crippen molar-refractivity contribution in [3.05, 3.63) is 65.7 Å². The van der Waals surface area contributed by atoms with E-state index in [1.54, 1.807) is 19.2 Å². The lowest BCUT2D eigenvalue weighted by molar-refractivity contribution is 0.214. The van der Waals surface area contributed by atoms with Gasteiger partial charge in [0.15, 0.2) is 0 Å². The molecule has 2 atom stereocenters. The normalized spacial score (nSPS) is 19.4. The summed E-state index contributed by atoms with van der Waals surface area (Å²) in [4.78, 5) is 0. The van der Waals surface area contributed by atoms with Crippen LogP contribution in [-0.2, 0) is 6.42 Å². The Hall–Kier alpha value is -2.42. The third-order valence-corrected chi connectivity index (χ3v) is 4.18. The van der Waals surface area contributed by atoms with E-state index in [9.17, 15) is 5.11 Å². The van der Waals surface area contributed by atoms with E-state index in [1.807, 2.05) is 30.3 Å². The number of rotatable bonds is 4. The Labute approximate surface area is 130 Å². The van der Waals surface area contributed by atoms with E-state index < -0.39 is 0 Å². The molecular weight excluding hydrogens is 276 g/mol. The van der Waals surface area contributed by atoms with Crippen molar-refractivity contribution in [1.29, 1.82) is 0 Å². The molecule has 0 bridgehead atoms. The van der Waals surface area contributed by atoms with E-state index in [0.717, 1.165) is 34.6 Å². The van der Waals surface area contributed by atoms with Crippen molar-refractivity contribution in [2.45, 2.75) is 25.4 Å². The highest BCUT2D eigenvalue weighted by atomic mass is 16.5. The molecule has 114 valence electrons. The van der Waals surface area contributed by atoms with Gasteiger partial charge in [-0.05, 0) is 36.2 Å². The predicted molar refractivity (Wildman–Crippen MR) is 86.8 cm³/mol. The van der Waals surface area contributed by atoms with Gasteiger partial charge >= 0.3 is 0 Å². The standard InChI is InChI=1S/C19H20O3/c1-4-5-14-10-16(21-3)11-17-12(2)18(22-19(14)17)13-6-8-15(20)9-7-13/h4,6-12,18,20H,1,5H2,2-3H3/t12-,18?/m1/s1. The number of phenols is 1. The number of methoxy groups -OCH3 is 1. The number of ether oxygens (including phenoxy) is 2. The number of fused-ring (bicyclic) bond motifs is 1. The third-order valence-electron chi connectivity index (χ3n) is 4.18. The van der Waals surface area contributed by atoms with Gasteiger partial charge in [-0.1, -0.05) is 25.1 Å². The average Bonchev–Trinajstić information content (AvgIpc) is 2.86. The van der Waals surface area contributed by atoms with Gasteiger partial charge in [0.2, 0.25) is 0 Å². The summed E-state index contributed by atoms with van der Waals surface area (Å²) in [5.41, 5.74) is 3.32. The number of benzene rings is 2. The van der Waals surface area contributed by atoms with Crippen molar-refractivity contribution in [2.24, 2.45) is 0 Å². The lowest BCUT2D eigenvalue weighted by Crippen LogP contribution is -2.07. The number of hydrogen-bond donors (Lipinski definition) is 1. The molecule has 0 saturated heterocycles. The summed E-state index contributed by atoms with van der Waals surface area (Å²) < 4.78 is 11.7. The first-order valence-electron chi connectivity index (χ1n) is 7.41. The van der Waals surface area contributed by atoms with Crippen molar-refractivity contribution in [3.8, 4) is 17.2 Å². The Morgan fingerprint density at radius 3 is 2.64 bits per heavy atom. The molecule has 0 spiro atoms. The van der Waals surface area contributed by atoms with E-state index in [1.165, 1.54) is 0 Å². The maximum atomic E-state index is 9.45. The van der Waals surface area contributed by atoms with Gasteiger partial charge in [-0.15, -0.1) is 6.58 Å². The van der Waals surface area contributed by atoms with Crippen molar-refractivity contribution in [2.75, 3.05) is 7.11 Å². The maximum Gasteiger partial charge on any atom is 0.130 e. The minimum absolute atomic E-state index is 0.0497. The highest BCUT2D eigenvalue weighted by molar-refractivity contribution is 5.53. The van der Waals surface area contributed by atoms with Gasteiger partial charge in [0.1, 0.15) is 23.4 Å². The summed E-state index contributed by atoms with van der Waals surface area (Å²) in [5, 5.41) is 9.45. The highest BCUT2D eigenvalue weighted by Gasteiger charge is 2.34. The maximum absolute atomic E-state index is 9.45. The summed E-state index contributed by atoms with van der Waals surface area (Å²) >= 11 is 0. The first kappa shape index (κ1) is 14.5. The molecule has 0 aromatic heterocycles. The third kappa shape index (κ3) is 2.43. The number of hydrogen-bond acceptors (Lipinski definition) is 3. The quantitative estimate of drug-likeness (QED) is 0.852. The van der Waals surface area contributed by atoms with Crippen LogP contribution in [0.25, 0.3) is 0 Å². The molecule has 0 aliphatic carbocycles. The van der Waals surface area contributed by atoms with Crippen LogP contribution >= 0.6 is 0 Å². The summed E-state index contributed by atoms with van der Waals surface area (Å²) in [5.74, 6) is 2.27. The Morgan fingerprint density at radius 2 is 2.00 bits per heavy atom. The molecule has 1 aliphatic rings. The molecule has 3 heteroatoms. The minimum Gasteiger partial charge on any atom is -0.508 e. The van der Waals surface area contributed by atoms with Gasteiger partial charge in [-0.2, -0.15) is 0 Å². The van der Waals surface area contributed by atoms with Gasteiger partial charge in [-0.3, -0.25) is 0 Å². The van der Waals surface area contributed by atoms with Crippen LogP contribution in [0, 0.1) is 0 Å². The fourth-order valence-electron chi connectivity index (χ4n) is 3.00. The fraction of sp³-hybridized carbons (Fsp3) is 0.263. The largest absolute Gasteiger partial charge is 0.508 e. The summed E-state index contributed by atoms with van der Waals surface area (Å²) in [7, 11) is 1.68. The van der Waals surface area contributed by atoms with Crippen LogP contribution < -0.4 is 9.47 Å². The van der Waals surface area contributed by atoms with Crippen molar-refractivity contribution in [1.82, 2.24) is 0 Å². The van der Waals surface area contributed by atoms with Crippen LogP contribution in [0.5, 0.6) is 17.2 Å². The molecule has 3 nitrogen and oxygen atoms in total. The molecule has 0 radical (unpaired) electrons. The van der Waals surface area contributed by atoms with Gasteiger partial charge < -0.3 is 14.6 Å². The molecule has 3 rings (SSSR count). The second-order valence-electron chi connectivity index (χ2n) is 5.62. The van der Waals surface area contributed by atoms with E-state index in [0.29, 0.717) is 0 Å². The van der Waals surface area contributed by atoms with E-state index in [4.69, 9.17) is 9.47 Å². The van der Waals surface area contributed by atoms with Crippen LogP contribution in [0.1, 0.15) is 35.6 Å².